The number of hydrogen-bond acceptors (Lipinski definition) is 4. The summed E-state index contributed by atoms with van der Waals surface area (Å²) in [4.78, 5) is 4.51. The number of aryl methyl sites for hydroxylation is 1. The highest BCUT2D eigenvalue weighted by Gasteiger charge is 2.23. The Bertz CT molecular complexity index is 694. The molecule has 2 rings (SSSR count). The second-order valence-electron chi connectivity index (χ2n) is 8.07. The van der Waals surface area contributed by atoms with Gasteiger partial charge in [-0.3, -0.25) is 9.58 Å². The lowest BCUT2D eigenvalue weighted by Gasteiger charge is -2.28. The molecule has 0 aliphatic rings. The molecule has 0 amide bonds. The third-order valence-electron chi connectivity index (χ3n) is 4.68. The van der Waals surface area contributed by atoms with Gasteiger partial charge in [-0.15, -0.1) is 0 Å². The molecule has 0 bridgehead atoms. The Hall–Kier alpha value is -1.85. The van der Waals surface area contributed by atoms with E-state index in [1.54, 1.807) is 0 Å². The van der Waals surface area contributed by atoms with Gasteiger partial charge in [0.15, 0.2) is 0 Å². The van der Waals surface area contributed by atoms with Crippen LogP contribution in [0.4, 0.5) is 5.82 Å². The van der Waals surface area contributed by atoms with Crippen molar-refractivity contribution in [2.24, 2.45) is 13.0 Å². The predicted octanol–water partition coefficient (Wildman–Crippen LogP) is 3.77. The van der Waals surface area contributed by atoms with E-state index in [9.17, 15) is 5.11 Å². The number of hydrogen-bond donors (Lipinski definition) is 1. The molecule has 0 saturated heterocycles. The van der Waals surface area contributed by atoms with Crippen LogP contribution in [-0.4, -0.2) is 53.1 Å². The van der Waals surface area contributed by atoms with E-state index in [-0.39, 0.29) is 6.10 Å². The highest BCUT2D eigenvalue weighted by Crippen LogP contribution is 2.31. The molecule has 0 aliphatic heterocycles. The van der Waals surface area contributed by atoms with Gasteiger partial charge in [0.1, 0.15) is 5.82 Å². The van der Waals surface area contributed by atoms with Gasteiger partial charge in [-0.25, -0.2) is 0 Å². The fourth-order valence-electron chi connectivity index (χ4n) is 3.76. The van der Waals surface area contributed by atoms with Crippen LogP contribution in [0.25, 0.3) is 11.3 Å². The lowest BCUT2D eigenvalue weighted by atomic mass is 10.1. The molecule has 1 aromatic heterocycles. The number of anilines is 1. The summed E-state index contributed by atoms with van der Waals surface area (Å²) in [5.41, 5.74) is 3.38. The van der Waals surface area contributed by atoms with Crippen molar-refractivity contribution >= 4 is 5.82 Å². The number of aliphatic hydroxyl groups excluding tert-OH is 1. The Kier molecular flexibility index (Phi) is 7.87. The minimum atomic E-state index is -0.284. The summed E-state index contributed by atoms with van der Waals surface area (Å²) in [6.07, 6.45) is 1.56. The molecule has 0 aliphatic carbocycles. The fraction of sp³-hybridized carbons (Fsp3) is 0.591. The summed E-state index contributed by atoms with van der Waals surface area (Å²) in [7, 11) is 6.13. The Morgan fingerprint density at radius 2 is 1.78 bits per heavy atom. The number of aromatic nitrogens is 2. The average Bonchev–Trinajstić information content (AvgIpc) is 2.91. The van der Waals surface area contributed by atoms with Crippen molar-refractivity contribution in [1.82, 2.24) is 14.7 Å². The van der Waals surface area contributed by atoms with E-state index in [2.05, 4.69) is 68.9 Å². The Morgan fingerprint density at radius 1 is 1.11 bits per heavy atom. The van der Waals surface area contributed by atoms with Crippen LogP contribution in [0.3, 0.4) is 0 Å². The van der Waals surface area contributed by atoms with Gasteiger partial charge in [0.2, 0.25) is 0 Å². The van der Waals surface area contributed by atoms with Crippen LogP contribution in [0.1, 0.15) is 39.2 Å². The summed E-state index contributed by atoms with van der Waals surface area (Å²) in [6.45, 7) is 9.01. The molecular formula is C22H36N4O. The molecule has 0 fully saturated rings. The van der Waals surface area contributed by atoms with Crippen LogP contribution < -0.4 is 4.90 Å². The number of benzene rings is 1. The first kappa shape index (κ1) is 21.5. The summed E-state index contributed by atoms with van der Waals surface area (Å²) in [6, 6.07) is 10.4. The second kappa shape index (κ2) is 9.90. The molecule has 150 valence electrons. The molecule has 0 radical (unpaired) electrons. The molecule has 5 heteroatoms. The van der Waals surface area contributed by atoms with E-state index >= 15 is 0 Å². The van der Waals surface area contributed by atoms with Crippen LogP contribution in [0.15, 0.2) is 30.3 Å². The lowest BCUT2D eigenvalue weighted by molar-refractivity contribution is 0.0945. The monoisotopic (exact) mass is 372 g/mol. The number of aliphatic hydroxyl groups is 1. The molecule has 27 heavy (non-hydrogen) atoms. The van der Waals surface area contributed by atoms with Crippen LogP contribution in [0, 0.1) is 5.92 Å². The van der Waals surface area contributed by atoms with Crippen molar-refractivity contribution < 1.29 is 5.11 Å². The molecule has 1 aromatic carbocycles. The first-order valence-electron chi connectivity index (χ1n) is 10.0. The maximum absolute atomic E-state index is 10.4. The molecule has 0 spiro atoms. The number of rotatable bonds is 10. The van der Waals surface area contributed by atoms with Crippen molar-refractivity contribution in [3.8, 4) is 11.3 Å². The highest BCUT2D eigenvalue weighted by atomic mass is 16.3. The quantitative estimate of drug-likeness (QED) is 0.689. The van der Waals surface area contributed by atoms with Gasteiger partial charge < -0.3 is 10.0 Å². The van der Waals surface area contributed by atoms with E-state index < -0.39 is 0 Å². The predicted molar refractivity (Wildman–Crippen MR) is 114 cm³/mol. The van der Waals surface area contributed by atoms with E-state index in [0.29, 0.717) is 12.5 Å². The zero-order valence-corrected chi connectivity index (χ0v) is 17.8. The van der Waals surface area contributed by atoms with Crippen LogP contribution >= 0.6 is 0 Å². The Balaban J connectivity index is 2.40. The Morgan fingerprint density at radius 3 is 2.33 bits per heavy atom. The van der Waals surface area contributed by atoms with Crippen LogP contribution in [0.2, 0.25) is 0 Å². The summed E-state index contributed by atoms with van der Waals surface area (Å²) >= 11 is 0. The summed E-state index contributed by atoms with van der Waals surface area (Å²) < 4.78 is 1.97. The van der Waals surface area contributed by atoms with Crippen LogP contribution in [0.5, 0.6) is 0 Å². The molecule has 5 nitrogen and oxygen atoms in total. The van der Waals surface area contributed by atoms with Gasteiger partial charge >= 0.3 is 0 Å². The standard InChI is InChI=1S/C22H36N4O/c1-7-11-19(27)15-26(14-17(2)3)16-20-21(18-12-9-8-10-13-18)23-25(6)22(20)24(4)5/h8-10,12-13,17,19,27H,7,11,14-16H2,1-6H3. The second-order valence-corrected chi connectivity index (χ2v) is 8.07. The minimum Gasteiger partial charge on any atom is -0.392 e. The lowest BCUT2D eigenvalue weighted by Crippen LogP contribution is -2.35. The Labute approximate surface area is 164 Å². The minimum absolute atomic E-state index is 0.284. The van der Waals surface area contributed by atoms with Crippen molar-refractivity contribution in [2.45, 2.75) is 46.3 Å². The van der Waals surface area contributed by atoms with Crippen molar-refractivity contribution in [2.75, 3.05) is 32.1 Å². The fourth-order valence-corrected chi connectivity index (χ4v) is 3.76. The molecule has 1 atom stereocenters. The van der Waals surface area contributed by atoms with Gasteiger partial charge in [-0.1, -0.05) is 57.5 Å². The summed E-state index contributed by atoms with van der Waals surface area (Å²) in [5.74, 6) is 1.66. The van der Waals surface area contributed by atoms with Gasteiger partial charge in [-0.05, 0) is 12.3 Å². The van der Waals surface area contributed by atoms with Gasteiger partial charge in [-0.2, -0.15) is 5.10 Å². The first-order valence-corrected chi connectivity index (χ1v) is 10.0. The average molecular weight is 373 g/mol. The number of nitrogens with zero attached hydrogens (tertiary/aromatic N) is 4. The van der Waals surface area contributed by atoms with Crippen molar-refractivity contribution in [1.29, 1.82) is 0 Å². The maximum Gasteiger partial charge on any atom is 0.131 e. The normalized spacial score (nSPS) is 12.8. The SMILES string of the molecule is CCCC(O)CN(Cc1c(-c2ccccc2)nn(C)c1N(C)C)CC(C)C. The molecule has 1 heterocycles. The largest absolute Gasteiger partial charge is 0.392 e. The maximum atomic E-state index is 10.4. The molecular weight excluding hydrogens is 336 g/mol. The molecule has 1 N–H and O–H groups in total. The molecule has 0 saturated carbocycles. The summed E-state index contributed by atoms with van der Waals surface area (Å²) in [5, 5.41) is 15.2. The van der Waals surface area contributed by atoms with Crippen molar-refractivity contribution in [3.63, 3.8) is 0 Å². The third-order valence-corrected chi connectivity index (χ3v) is 4.68. The van der Waals surface area contributed by atoms with E-state index in [4.69, 9.17) is 5.10 Å². The first-order chi connectivity index (χ1) is 12.8. The molecule has 2 aromatic rings. The van der Waals surface area contributed by atoms with Crippen molar-refractivity contribution in [3.05, 3.63) is 35.9 Å². The van der Waals surface area contributed by atoms with Crippen LogP contribution in [-0.2, 0) is 13.6 Å². The van der Waals surface area contributed by atoms with E-state index in [1.807, 2.05) is 17.8 Å². The smallest absolute Gasteiger partial charge is 0.131 e. The van der Waals surface area contributed by atoms with Gasteiger partial charge in [0.05, 0.1) is 11.8 Å². The van der Waals surface area contributed by atoms with E-state index in [0.717, 1.165) is 43.0 Å². The third kappa shape index (κ3) is 5.81. The topological polar surface area (TPSA) is 44.5 Å². The van der Waals surface area contributed by atoms with Gasteiger partial charge in [0.25, 0.3) is 0 Å². The van der Waals surface area contributed by atoms with Gasteiger partial charge in [0, 0.05) is 51.9 Å². The zero-order chi connectivity index (χ0) is 20.0. The molecule has 1 unspecified atom stereocenters. The highest BCUT2D eigenvalue weighted by molar-refractivity contribution is 5.69. The van der Waals surface area contributed by atoms with E-state index in [1.165, 1.54) is 5.56 Å². The zero-order valence-electron chi connectivity index (χ0n) is 17.8.